The molecule has 1 heterocycles. The summed E-state index contributed by atoms with van der Waals surface area (Å²) in [7, 11) is 3.31. The molecule has 1 aromatic heterocycles. The van der Waals surface area contributed by atoms with Gasteiger partial charge in [0.2, 0.25) is 5.91 Å². The highest BCUT2D eigenvalue weighted by molar-refractivity contribution is 5.96. The lowest BCUT2D eigenvalue weighted by Crippen LogP contribution is -2.40. The molecule has 0 unspecified atom stereocenters. The summed E-state index contributed by atoms with van der Waals surface area (Å²) in [6.45, 7) is 2.21. The van der Waals surface area contributed by atoms with E-state index < -0.39 is 0 Å². The molecule has 1 aromatic carbocycles. The number of amides is 2. The van der Waals surface area contributed by atoms with Crippen LogP contribution in [0.5, 0.6) is 0 Å². The summed E-state index contributed by atoms with van der Waals surface area (Å²) in [4.78, 5) is 27.9. The molecule has 0 radical (unpaired) electrons. The van der Waals surface area contributed by atoms with Crippen molar-refractivity contribution >= 4 is 11.8 Å². The van der Waals surface area contributed by atoms with Gasteiger partial charge in [-0.2, -0.15) is 0 Å². The van der Waals surface area contributed by atoms with Crippen molar-refractivity contribution in [1.82, 2.24) is 24.8 Å². The van der Waals surface area contributed by atoms with Crippen molar-refractivity contribution < 1.29 is 14.0 Å². The monoisotopic (exact) mass is 359 g/mol. The van der Waals surface area contributed by atoms with E-state index in [2.05, 4.69) is 10.3 Å². The Morgan fingerprint density at radius 3 is 2.42 bits per heavy atom. The van der Waals surface area contributed by atoms with Crippen LogP contribution >= 0.6 is 0 Å². The van der Waals surface area contributed by atoms with Crippen molar-refractivity contribution in [1.29, 1.82) is 0 Å². The molecule has 0 spiro atoms. The predicted octanol–water partition coefficient (Wildman–Crippen LogP) is 1.83. The molecule has 138 valence electrons. The van der Waals surface area contributed by atoms with Crippen LogP contribution in [0.15, 0.2) is 24.3 Å². The van der Waals surface area contributed by atoms with Crippen LogP contribution < -0.4 is 0 Å². The second kappa shape index (κ2) is 7.23. The van der Waals surface area contributed by atoms with Gasteiger partial charge in [-0.25, -0.2) is 9.07 Å². The smallest absolute Gasteiger partial charge is 0.276 e. The minimum absolute atomic E-state index is 0.00412. The summed E-state index contributed by atoms with van der Waals surface area (Å²) in [5.74, 6) is -0.591. The van der Waals surface area contributed by atoms with Gasteiger partial charge in [0.25, 0.3) is 5.91 Å². The first-order chi connectivity index (χ1) is 12.4. The van der Waals surface area contributed by atoms with Crippen LogP contribution in [0.4, 0.5) is 4.39 Å². The van der Waals surface area contributed by atoms with Gasteiger partial charge in [0.05, 0.1) is 11.4 Å². The third-order valence-electron chi connectivity index (χ3n) is 4.44. The van der Waals surface area contributed by atoms with Gasteiger partial charge >= 0.3 is 0 Å². The summed E-state index contributed by atoms with van der Waals surface area (Å²) in [5, 5.41) is 8.23. The third kappa shape index (κ3) is 3.58. The molecule has 8 heteroatoms. The van der Waals surface area contributed by atoms with E-state index in [-0.39, 0.29) is 35.8 Å². The quantitative estimate of drug-likeness (QED) is 0.789. The molecule has 0 aliphatic heterocycles. The van der Waals surface area contributed by atoms with Crippen molar-refractivity contribution in [3.63, 3.8) is 0 Å². The topological polar surface area (TPSA) is 71.3 Å². The molecule has 3 rings (SSSR count). The van der Waals surface area contributed by atoms with E-state index in [1.54, 1.807) is 30.9 Å². The van der Waals surface area contributed by atoms with E-state index in [0.717, 1.165) is 18.5 Å². The largest absolute Gasteiger partial charge is 0.347 e. The Labute approximate surface area is 151 Å². The summed E-state index contributed by atoms with van der Waals surface area (Å²) in [6, 6.07) is 5.92. The number of hydrogen-bond donors (Lipinski definition) is 0. The lowest BCUT2D eigenvalue weighted by Gasteiger charge is -2.21. The standard InChI is InChI=1S/C18H22FN5O2/c1-4-23(11-15(25)22(2)3)18(26)16-17(12-5-6-12)24(21-20-16)14-9-7-13(19)8-10-14/h7-10,12H,4-6,11H2,1-3H3. The number of hydrogen-bond acceptors (Lipinski definition) is 4. The Balaban J connectivity index is 1.93. The fourth-order valence-electron chi connectivity index (χ4n) is 2.72. The Hall–Kier alpha value is -2.77. The van der Waals surface area contributed by atoms with E-state index in [1.807, 2.05) is 6.92 Å². The fourth-order valence-corrected chi connectivity index (χ4v) is 2.72. The molecule has 1 aliphatic carbocycles. The Morgan fingerprint density at radius 2 is 1.88 bits per heavy atom. The Kier molecular flexibility index (Phi) is 5.01. The summed E-state index contributed by atoms with van der Waals surface area (Å²) < 4.78 is 14.8. The number of rotatable bonds is 6. The average molecular weight is 359 g/mol. The minimum atomic E-state index is -0.336. The van der Waals surface area contributed by atoms with Crippen molar-refractivity contribution in [2.45, 2.75) is 25.7 Å². The maximum absolute atomic E-state index is 13.2. The predicted molar refractivity (Wildman–Crippen MR) is 93.6 cm³/mol. The van der Waals surface area contributed by atoms with E-state index in [1.165, 1.54) is 21.9 Å². The van der Waals surface area contributed by atoms with Crippen LogP contribution in [-0.2, 0) is 4.79 Å². The van der Waals surface area contributed by atoms with E-state index in [9.17, 15) is 14.0 Å². The van der Waals surface area contributed by atoms with Crippen LogP contribution in [0.25, 0.3) is 5.69 Å². The summed E-state index contributed by atoms with van der Waals surface area (Å²) in [5.41, 5.74) is 1.66. The van der Waals surface area contributed by atoms with Gasteiger partial charge in [-0.3, -0.25) is 9.59 Å². The first-order valence-corrected chi connectivity index (χ1v) is 8.63. The summed E-state index contributed by atoms with van der Waals surface area (Å²) >= 11 is 0. The zero-order valence-electron chi connectivity index (χ0n) is 15.1. The van der Waals surface area contributed by atoms with Crippen LogP contribution in [0.1, 0.15) is 41.9 Å². The molecule has 0 N–H and O–H groups in total. The van der Waals surface area contributed by atoms with Gasteiger partial charge in [-0.15, -0.1) is 5.10 Å². The number of aromatic nitrogens is 3. The number of likely N-dealkylation sites (N-methyl/N-ethyl adjacent to an activating group) is 2. The highest BCUT2D eigenvalue weighted by Crippen LogP contribution is 2.42. The highest BCUT2D eigenvalue weighted by Gasteiger charge is 2.35. The molecular formula is C18H22FN5O2. The maximum Gasteiger partial charge on any atom is 0.276 e. The van der Waals surface area contributed by atoms with Gasteiger partial charge in [-0.1, -0.05) is 5.21 Å². The molecule has 2 amide bonds. The van der Waals surface area contributed by atoms with Gasteiger partial charge in [0.15, 0.2) is 5.69 Å². The molecule has 7 nitrogen and oxygen atoms in total. The summed E-state index contributed by atoms with van der Waals surface area (Å²) in [6.07, 6.45) is 1.91. The zero-order chi connectivity index (χ0) is 18.8. The van der Waals surface area contributed by atoms with Crippen molar-refractivity contribution in [3.8, 4) is 5.69 Å². The van der Waals surface area contributed by atoms with Crippen LogP contribution in [0, 0.1) is 5.82 Å². The molecule has 26 heavy (non-hydrogen) atoms. The molecule has 2 aromatic rings. The second-order valence-corrected chi connectivity index (χ2v) is 6.59. The molecule has 0 atom stereocenters. The maximum atomic E-state index is 13.2. The number of benzene rings is 1. The molecule has 1 saturated carbocycles. The molecule has 0 saturated heterocycles. The highest BCUT2D eigenvalue weighted by atomic mass is 19.1. The van der Waals surface area contributed by atoms with Gasteiger partial charge < -0.3 is 9.80 Å². The normalized spacial score (nSPS) is 13.5. The minimum Gasteiger partial charge on any atom is -0.347 e. The average Bonchev–Trinajstić information content (AvgIpc) is 3.37. The van der Waals surface area contributed by atoms with Crippen LogP contribution in [-0.4, -0.2) is 63.8 Å². The third-order valence-corrected chi connectivity index (χ3v) is 4.44. The van der Waals surface area contributed by atoms with Gasteiger partial charge in [-0.05, 0) is 44.0 Å². The van der Waals surface area contributed by atoms with E-state index in [4.69, 9.17) is 0 Å². The molecular weight excluding hydrogens is 337 g/mol. The second-order valence-electron chi connectivity index (χ2n) is 6.59. The Morgan fingerprint density at radius 1 is 1.23 bits per heavy atom. The van der Waals surface area contributed by atoms with Crippen molar-refractivity contribution in [2.24, 2.45) is 0 Å². The van der Waals surface area contributed by atoms with Gasteiger partial charge in [0.1, 0.15) is 12.4 Å². The number of nitrogens with zero attached hydrogens (tertiary/aromatic N) is 5. The number of carbonyl (C=O) groups excluding carboxylic acids is 2. The fraction of sp³-hybridized carbons (Fsp3) is 0.444. The first-order valence-electron chi connectivity index (χ1n) is 8.63. The zero-order valence-corrected chi connectivity index (χ0v) is 15.1. The number of halogens is 1. The molecule has 1 aliphatic rings. The van der Waals surface area contributed by atoms with Crippen LogP contribution in [0.2, 0.25) is 0 Å². The molecule has 1 fully saturated rings. The van der Waals surface area contributed by atoms with E-state index >= 15 is 0 Å². The van der Waals surface area contributed by atoms with Crippen LogP contribution in [0.3, 0.4) is 0 Å². The lowest BCUT2D eigenvalue weighted by atomic mass is 10.2. The SMILES string of the molecule is CCN(CC(=O)N(C)C)C(=O)c1nnn(-c2ccc(F)cc2)c1C1CC1. The first kappa shape index (κ1) is 18.0. The van der Waals surface area contributed by atoms with Crippen molar-refractivity contribution in [2.75, 3.05) is 27.2 Å². The number of carbonyl (C=O) groups is 2. The van der Waals surface area contributed by atoms with E-state index in [0.29, 0.717) is 12.2 Å². The Bertz CT molecular complexity index is 811. The molecule has 0 bridgehead atoms. The van der Waals surface area contributed by atoms with Crippen molar-refractivity contribution in [3.05, 3.63) is 41.5 Å². The lowest BCUT2D eigenvalue weighted by molar-refractivity contribution is -0.129. The van der Waals surface area contributed by atoms with Gasteiger partial charge in [0, 0.05) is 26.6 Å².